The van der Waals surface area contributed by atoms with E-state index in [1.54, 1.807) is 0 Å². The molecule has 9 aromatic rings. The van der Waals surface area contributed by atoms with E-state index in [1.165, 1.54) is 112 Å². The number of fused-ring (bicyclic) bond motifs is 18. The zero-order valence-electron chi connectivity index (χ0n) is 42.9. The molecule has 0 amide bonds. The maximum Gasteiger partial charge on any atom is 0.0788 e. The SMILES string of the molecule is C1=CC=C2CC(=C1)CC(c1ccccc1)(C1C3C=CC=CC31)c1ccc3c(-c4cccc(C5=CC6(n7c8c(c9ccccc97)CC=CC=C8)CC6C(n6c7c(c8ccccc86)C=CC6CC76)=C5)c4)nc4ccccc4c3c12. The lowest BCUT2D eigenvalue weighted by Gasteiger charge is -2.38. The topological polar surface area (TPSA) is 22.8 Å². The zero-order chi connectivity index (χ0) is 50.1. The average Bonchev–Trinajstić information content (AvgIpc) is 4.34. The van der Waals surface area contributed by atoms with Crippen LogP contribution in [0.5, 0.6) is 0 Å². The summed E-state index contributed by atoms with van der Waals surface area (Å²) in [5.74, 6) is 2.97. The van der Waals surface area contributed by atoms with Crippen LogP contribution in [-0.2, 0) is 17.4 Å². The molecule has 0 saturated heterocycles. The highest BCUT2D eigenvalue weighted by Gasteiger charge is 2.62. The van der Waals surface area contributed by atoms with Gasteiger partial charge in [0.25, 0.3) is 0 Å². The van der Waals surface area contributed by atoms with Crippen molar-refractivity contribution >= 4 is 72.5 Å². The second-order valence-electron chi connectivity index (χ2n) is 23.7. The van der Waals surface area contributed by atoms with Gasteiger partial charge in [0.05, 0.1) is 22.3 Å². The van der Waals surface area contributed by atoms with E-state index in [0.29, 0.717) is 35.5 Å². The molecule has 3 heterocycles. The molecule has 0 radical (unpaired) electrons. The fourth-order valence-electron chi connectivity index (χ4n) is 16.4. The molecule has 3 fully saturated rings. The number of rotatable bonds is 6. The standard InChI is InChI=1S/C74H55N3/c1-3-22-51(23-4-1)74(70-55-27-9-10-28-56(55)70)42-45-18-7-8-19-48(38-45)68-61(74)37-36-59-69(68)58-29-11-14-30-63(58)75-71(59)49-21-17-20-46(39-49)50-41-67(76-64-31-15-12-26-54(64)57-35-34-47-40-60(47)72(57)76)62-44-73(62,43-50)77-65-32-6-2-5-24-52(65)53-25-13-16-33-66(53)77/h1-23,25-37,39,41,43,47,55-56,60,62,70H,24,38,40,42,44H2. The molecule has 0 N–H and O–H groups in total. The first-order valence-electron chi connectivity index (χ1n) is 28.3. The average molecular weight is 986 g/mol. The molecule has 3 nitrogen and oxygen atoms in total. The van der Waals surface area contributed by atoms with Gasteiger partial charge in [-0.2, -0.15) is 0 Å². The van der Waals surface area contributed by atoms with E-state index in [1.807, 2.05) is 0 Å². The molecule has 18 rings (SSSR count). The van der Waals surface area contributed by atoms with Gasteiger partial charge in [-0.3, -0.25) is 0 Å². The number of nitrogens with zero attached hydrogens (tertiary/aromatic N) is 3. The number of aromatic nitrogens is 3. The summed E-state index contributed by atoms with van der Waals surface area (Å²) in [6.07, 6.45) is 43.5. The molecule has 9 aliphatic carbocycles. The van der Waals surface area contributed by atoms with E-state index in [-0.39, 0.29) is 11.0 Å². The molecule has 7 unspecified atom stereocenters. The van der Waals surface area contributed by atoms with E-state index in [4.69, 9.17) is 4.98 Å². The lowest BCUT2D eigenvalue weighted by molar-refractivity contribution is 0.421. The summed E-state index contributed by atoms with van der Waals surface area (Å²) in [4.78, 5) is 5.72. The van der Waals surface area contributed by atoms with Crippen molar-refractivity contribution in [3.63, 3.8) is 0 Å². The lowest BCUT2D eigenvalue weighted by Crippen LogP contribution is -2.33. The molecule has 9 aliphatic rings. The summed E-state index contributed by atoms with van der Waals surface area (Å²) in [5, 5.41) is 6.48. The van der Waals surface area contributed by atoms with Gasteiger partial charge in [0, 0.05) is 77.9 Å². The predicted molar refractivity (Wildman–Crippen MR) is 319 cm³/mol. The third kappa shape index (κ3) is 5.90. The normalized spacial score (nSPS) is 27.3. The summed E-state index contributed by atoms with van der Waals surface area (Å²) in [6.45, 7) is 0. The number of allylic oxidation sites excluding steroid dienone is 18. The van der Waals surface area contributed by atoms with Gasteiger partial charge in [-0.15, -0.1) is 0 Å². The molecule has 0 aliphatic heterocycles. The van der Waals surface area contributed by atoms with Crippen molar-refractivity contribution in [2.45, 2.75) is 49.0 Å². The zero-order valence-corrected chi connectivity index (χ0v) is 42.9. The molecule has 3 saturated carbocycles. The molecule has 7 atom stereocenters. The molecule has 0 spiro atoms. The van der Waals surface area contributed by atoms with Crippen LogP contribution in [0.4, 0.5) is 0 Å². The minimum absolute atomic E-state index is 0.221. The number of benzene rings is 6. The van der Waals surface area contributed by atoms with Crippen LogP contribution in [0.3, 0.4) is 0 Å². The lowest BCUT2D eigenvalue weighted by atomic mass is 9.65. The van der Waals surface area contributed by atoms with Crippen LogP contribution >= 0.6 is 0 Å². The van der Waals surface area contributed by atoms with Gasteiger partial charge in [-0.25, -0.2) is 4.98 Å². The van der Waals surface area contributed by atoms with Crippen LogP contribution in [0.2, 0.25) is 0 Å². The molecular weight excluding hydrogens is 931 g/mol. The molecule has 6 aromatic carbocycles. The highest BCUT2D eigenvalue weighted by Crippen LogP contribution is 2.68. The Kier molecular flexibility index (Phi) is 8.61. The quantitative estimate of drug-likeness (QED) is 0.152. The second kappa shape index (κ2) is 15.5. The van der Waals surface area contributed by atoms with Crippen LogP contribution in [0.1, 0.15) is 76.4 Å². The number of hydrogen-bond acceptors (Lipinski definition) is 1. The Morgan fingerprint density at radius 1 is 0.636 bits per heavy atom. The maximum absolute atomic E-state index is 5.72. The van der Waals surface area contributed by atoms with Crippen molar-refractivity contribution in [2.24, 2.45) is 29.6 Å². The van der Waals surface area contributed by atoms with Crippen molar-refractivity contribution in [3.8, 4) is 11.3 Å². The van der Waals surface area contributed by atoms with Gasteiger partial charge in [-0.1, -0.05) is 206 Å². The van der Waals surface area contributed by atoms with Crippen LogP contribution in [0, 0.1) is 29.6 Å². The van der Waals surface area contributed by atoms with E-state index >= 15 is 0 Å². The van der Waals surface area contributed by atoms with Crippen molar-refractivity contribution < 1.29 is 0 Å². The van der Waals surface area contributed by atoms with Crippen LogP contribution < -0.4 is 0 Å². The molecule has 3 heteroatoms. The van der Waals surface area contributed by atoms with E-state index in [0.717, 1.165) is 42.5 Å². The molecule has 3 aromatic heterocycles. The van der Waals surface area contributed by atoms with Gasteiger partial charge < -0.3 is 9.13 Å². The van der Waals surface area contributed by atoms with Crippen molar-refractivity contribution in [3.05, 3.63) is 275 Å². The third-order valence-corrected chi connectivity index (χ3v) is 19.8. The Hall–Kier alpha value is -8.53. The number of pyridine rings is 1. The summed E-state index contributed by atoms with van der Waals surface area (Å²) in [7, 11) is 0. The predicted octanol–water partition coefficient (Wildman–Crippen LogP) is 17.5. The second-order valence-corrected chi connectivity index (χ2v) is 23.7. The summed E-state index contributed by atoms with van der Waals surface area (Å²) < 4.78 is 5.49. The van der Waals surface area contributed by atoms with Gasteiger partial charge in [0.1, 0.15) is 0 Å². The Morgan fingerprint density at radius 3 is 2.32 bits per heavy atom. The number of para-hydroxylation sites is 3. The van der Waals surface area contributed by atoms with Crippen LogP contribution in [0.15, 0.2) is 230 Å². The van der Waals surface area contributed by atoms with E-state index < -0.39 is 0 Å². The molecule has 77 heavy (non-hydrogen) atoms. The van der Waals surface area contributed by atoms with Crippen LogP contribution in [-0.4, -0.2) is 14.1 Å². The minimum atomic E-state index is -0.251. The Bertz CT molecular complexity index is 4450. The molecular formula is C74H55N3. The van der Waals surface area contributed by atoms with Crippen LogP contribution in [0.25, 0.3) is 83.7 Å². The first-order valence-corrected chi connectivity index (χ1v) is 28.3. The van der Waals surface area contributed by atoms with Gasteiger partial charge >= 0.3 is 0 Å². The first kappa shape index (κ1) is 42.7. The van der Waals surface area contributed by atoms with E-state index in [9.17, 15) is 0 Å². The summed E-state index contributed by atoms with van der Waals surface area (Å²) in [6, 6.07) is 53.3. The highest BCUT2D eigenvalue weighted by atomic mass is 15.2. The maximum atomic E-state index is 5.72. The Balaban J connectivity index is 0.874. The Labute approximate surface area is 449 Å². The first-order chi connectivity index (χ1) is 38.1. The van der Waals surface area contributed by atoms with Gasteiger partial charge in [0.2, 0.25) is 0 Å². The van der Waals surface area contributed by atoms with Crippen molar-refractivity contribution in [1.82, 2.24) is 14.1 Å². The van der Waals surface area contributed by atoms with Crippen molar-refractivity contribution in [2.75, 3.05) is 0 Å². The monoisotopic (exact) mass is 985 g/mol. The molecule has 366 valence electrons. The third-order valence-electron chi connectivity index (χ3n) is 19.8. The highest BCUT2D eigenvalue weighted by molar-refractivity contribution is 6.16. The van der Waals surface area contributed by atoms with Gasteiger partial charge in [-0.05, 0) is 131 Å². The van der Waals surface area contributed by atoms with E-state index in [2.05, 4.69) is 246 Å². The number of hydrogen-bond donors (Lipinski definition) is 0. The largest absolute Gasteiger partial charge is 0.330 e. The molecule has 2 bridgehead atoms. The fraction of sp³-hybridized carbons (Fsp3) is 0.176. The van der Waals surface area contributed by atoms with Crippen molar-refractivity contribution in [1.29, 1.82) is 0 Å². The van der Waals surface area contributed by atoms with Gasteiger partial charge in [0.15, 0.2) is 0 Å². The Morgan fingerprint density at radius 2 is 1.43 bits per heavy atom. The summed E-state index contributed by atoms with van der Waals surface area (Å²) >= 11 is 0. The minimum Gasteiger partial charge on any atom is -0.330 e. The smallest absolute Gasteiger partial charge is 0.0788 e. The summed E-state index contributed by atoms with van der Waals surface area (Å²) in [5.41, 5.74) is 22.2. The fourth-order valence-corrected chi connectivity index (χ4v) is 16.4.